The molecule has 2 aliphatic heterocycles. The molecule has 0 aliphatic carbocycles. The maximum atomic E-state index is 12.6. The lowest BCUT2D eigenvalue weighted by atomic mass is 10.00. The number of ether oxygens (including phenoxy) is 1. The van der Waals surface area contributed by atoms with Crippen molar-refractivity contribution >= 4 is 23.5 Å². The van der Waals surface area contributed by atoms with Gasteiger partial charge in [-0.25, -0.2) is 9.78 Å². The highest BCUT2D eigenvalue weighted by molar-refractivity contribution is 6.29. The predicted octanol–water partition coefficient (Wildman–Crippen LogP) is 3.12. The van der Waals surface area contributed by atoms with Crippen LogP contribution in [0.4, 0.5) is 10.6 Å². The number of carbonyl (C=O) groups is 1. The van der Waals surface area contributed by atoms with Crippen LogP contribution < -0.4 is 10.2 Å². The number of hydrogen-bond acceptors (Lipinski definition) is 6. The van der Waals surface area contributed by atoms with Crippen molar-refractivity contribution in [3.05, 3.63) is 58.2 Å². The molecule has 2 aliphatic rings. The molecule has 30 heavy (non-hydrogen) atoms. The molecule has 1 N–H and O–H groups in total. The summed E-state index contributed by atoms with van der Waals surface area (Å²) in [5, 5.41) is 12.8. The highest BCUT2D eigenvalue weighted by Gasteiger charge is 2.28. The topological polar surface area (TPSA) is 81.5 Å². The summed E-state index contributed by atoms with van der Waals surface area (Å²) in [7, 11) is 0. The summed E-state index contributed by atoms with van der Waals surface area (Å²) in [6.07, 6.45) is 0.831. The molecule has 4 rings (SSSR count). The number of halogens is 1. The first kappa shape index (κ1) is 20.5. The van der Waals surface area contributed by atoms with E-state index in [2.05, 4.69) is 21.3 Å². The van der Waals surface area contributed by atoms with Crippen molar-refractivity contribution < 1.29 is 9.53 Å². The summed E-state index contributed by atoms with van der Waals surface area (Å²) in [5.41, 5.74) is 3.09. The van der Waals surface area contributed by atoms with Crippen molar-refractivity contribution in [2.24, 2.45) is 0 Å². The average Bonchev–Trinajstić information content (AvgIpc) is 2.77. The lowest BCUT2D eigenvalue weighted by Crippen LogP contribution is -2.51. The number of rotatable bonds is 4. The van der Waals surface area contributed by atoms with E-state index in [9.17, 15) is 4.79 Å². The second-order valence-electron chi connectivity index (χ2n) is 7.58. The van der Waals surface area contributed by atoms with Gasteiger partial charge in [-0.05, 0) is 23.6 Å². The molecular weight excluding hydrogens is 402 g/mol. The normalized spacial score (nSPS) is 18.5. The van der Waals surface area contributed by atoms with Crippen molar-refractivity contribution in [2.45, 2.75) is 32.0 Å². The largest absolute Gasteiger partial charge is 0.445 e. The molecule has 0 radical (unpaired) electrons. The van der Waals surface area contributed by atoms with Gasteiger partial charge in [0.05, 0.1) is 12.5 Å². The number of amides is 1. The van der Waals surface area contributed by atoms with E-state index in [0.717, 1.165) is 42.1 Å². The van der Waals surface area contributed by atoms with E-state index in [1.807, 2.05) is 36.4 Å². The third-order valence-electron chi connectivity index (χ3n) is 5.51. The standard InChI is InChI=1S/C22H24ClN5O2/c23-20-12-17-13-28(22(29)30-15-16-4-2-1-3-5-16)10-7-19(17)21(26-20)27-11-9-25-18(14-27)6-8-24/h1-5,12,18,25H,6-7,9-11,13-15H2/t18-/m0/s1. The molecule has 2 aromatic rings. The van der Waals surface area contributed by atoms with E-state index in [1.165, 1.54) is 0 Å². The zero-order chi connectivity index (χ0) is 20.9. The Labute approximate surface area is 181 Å². The number of nitrogens with one attached hydrogen (secondary N) is 1. The Morgan fingerprint density at radius 3 is 2.97 bits per heavy atom. The fourth-order valence-electron chi connectivity index (χ4n) is 4.01. The number of carbonyl (C=O) groups excluding carboxylic acids is 1. The molecule has 0 spiro atoms. The molecule has 0 saturated carbocycles. The van der Waals surface area contributed by atoms with Gasteiger partial charge in [0.25, 0.3) is 0 Å². The molecule has 3 heterocycles. The van der Waals surface area contributed by atoms with Gasteiger partial charge in [-0.1, -0.05) is 41.9 Å². The first-order valence-corrected chi connectivity index (χ1v) is 10.5. The van der Waals surface area contributed by atoms with Crippen LogP contribution in [0.2, 0.25) is 5.15 Å². The summed E-state index contributed by atoms with van der Waals surface area (Å²) in [4.78, 5) is 21.1. The van der Waals surface area contributed by atoms with Crippen LogP contribution in [0.3, 0.4) is 0 Å². The Bertz CT molecular complexity index is 947. The van der Waals surface area contributed by atoms with Gasteiger partial charge in [-0.3, -0.25) is 0 Å². The van der Waals surface area contributed by atoms with Crippen molar-refractivity contribution in [1.82, 2.24) is 15.2 Å². The van der Waals surface area contributed by atoms with Crippen molar-refractivity contribution in [3.63, 3.8) is 0 Å². The van der Waals surface area contributed by atoms with E-state index < -0.39 is 0 Å². The lowest BCUT2D eigenvalue weighted by Gasteiger charge is -2.37. The molecule has 1 aromatic carbocycles. The number of pyridine rings is 1. The third kappa shape index (κ3) is 4.66. The van der Waals surface area contributed by atoms with Gasteiger partial charge in [0.1, 0.15) is 17.6 Å². The van der Waals surface area contributed by atoms with Crippen molar-refractivity contribution in [2.75, 3.05) is 31.1 Å². The molecular formula is C22H24ClN5O2. The Morgan fingerprint density at radius 1 is 1.33 bits per heavy atom. The second kappa shape index (κ2) is 9.33. The Hall–Kier alpha value is -2.82. The number of fused-ring (bicyclic) bond motifs is 1. The highest BCUT2D eigenvalue weighted by Crippen LogP contribution is 2.31. The highest BCUT2D eigenvalue weighted by atomic mass is 35.5. The number of aromatic nitrogens is 1. The maximum absolute atomic E-state index is 12.6. The summed E-state index contributed by atoms with van der Waals surface area (Å²) < 4.78 is 5.49. The maximum Gasteiger partial charge on any atom is 0.410 e. The fourth-order valence-corrected chi connectivity index (χ4v) is 4.22. The molecule has 0 bridgehead atoms. The van der Waals surface area contributed by atoms with Crippen LogP contribution in [0.25, 0.3) is 0 Å². The fraction of sp³-hybridized carbons (Fsp3) is 0.409. The number of nitriles is 1. The van der Waals surface area contributed by atoms with E-state index in [-0.39, 0.29) is 18.7 Å². The number of anilines is 1. The smallest absolute Gasteiger partial charge is 0.410 e. The first-order chi connectivity index (χ1) is 14.6. The Kier molecular flexibility index (Phi) is 6.36. The molecule has 1 aromatic heterocycles. The van der Waals surface area contributed by atoms with Gasteiger partial charge >= 0.3 is 6.09 Å². The minimum Gasteiger partial charge on any atom is -0.445 e. The molecule has 1 atom stereocenters. The lowest BCUT2D eigenvalue weighted by molar-refractivity contribution is 0.0918. The third-order valence-corrected chi connectivity index (χ3v) is 5.71. The molecule has 1 amide bonds. The van der Waals surface area contributed by atoms with Crippen LogP contribution in [0, 0.1) is 11.3 Å². The molecule has 1 saturated heterocycles. The zero-order valence-corrected chi connectivity index (χ0v) is 17.4. The van der Waals surface area contributed by atoms with Gasteiger partial charge < -0.3 is 19.9 Å². The van der Waals surface area contributed by atoms with E-state index in [0.29, 0.717) is 31.1 Å². The molecule has 7 nitrogen and oxygen atoms in total. The predicted molar refractivity (Wildman–Crippen MR) is 114 cm³/mol. The van der Waals surface area contributed by atoms with Crippen LogP contribution in [-0.4, -0.2) is 48.2 Å². The van der Waals surface area contributed by atoms with Gasteiger partial charge in [-0.15, -0.1) is 0 Å². The summed E-state index contributed by atoms with van der Waals surface area (Å²) in [5.74, 6) is 0.874. The van der Waals surface area contributed by atoms with Crippen molar-refractivity contribution in [1.29, 1.82) is 5.26 Å². The number of nitrogens with zero attached hydrogens (tertiary/aromatic N) is 4. The number of benzene rings is 1. The van der Waals surface area contributed by atoms with E-state index >= 15 is 0 Å². The molecule has 8 heteroatoms. The SMILES string of the molecule is N#CC[C@H]1CN(c2nc(Cl)cc3c2CCN(C(=O)OCc2ccccc2)C3)CCN1. The minimum atomic E-state index is -0.324. The Morgan fingerprint density at radius 2 is 2.17 bits per heavy atom. The van der Waals surface area contributed by atoms with Crippen molar-refractivity contribution in [3.8, 4) is 6.07 Å². The summed E-state index contributed by atoms with van der Waals surface area (Å²) in [6.45, 7) is 3.61. The zero-order valence-electron chi connectivity index (χ0n) is 16.7. The molecule has 1 fully saturated rings. The van der Waals surface area contributed by atoms with Gasteiger partial charge in [0.15, 0.2) is 0 Å². The second-order valence-corrected chi connectivity index (χ2v) is 7.96. The van der Waals surface area contributed by atoms with Crippen LogP contribution in [0.15, 0.2) is 36.4 Å². The van der Waals surface area contributed by atoms with Crippen LogP contribution in [0.5, 0.6) is 0 Å². The van der Waals surface area contributed by atoms with Crippen LogP contribution in [0.1, 0.15) is 23.1 Å². The van der Waals surface area contributed by atoms with E-state index in [4.69, 9.17) is 21.6 Å². The first-order valence-electron chi connectivity index (χ1n) is 10.1. The average molecular weight is 426 g/mol. The summed E-state index contributed by atoms with van der Waals surface area (Å²) in [6, 6.07) is 13.8. The number of hydrogen-bond donors (Lipinski definition) is 1. The van der Waals surface area contributed by atoms with Crippen LogP contribution >= 0.6 is 11.6 Å². The quantitative estimate of drug-likeness (QED) is 0.758. The minimum absolute atomic E-state index is 0.119. The van der Waals surface area contributed by atoms with Gasteiger partial charge in [0.2, 0.25) is 0 Å². The van der Waals surface area contributed by atoms with E-state index in [1.54, 1.807) is 4.90 Å². The van der Waals surface area contributed by atoms with Crippen LogP contribution in [-0.2, 0) is 24.3 Å². The molecule has 156 valence electrons. The van der Waals surface area contributed by atoms with Gasteiger partial charge in [-0.2, -0.15) is 5.26 Å². The monoisotopic (exact) mass is 425 g/mol. The molecule has 0 unspecified atom stereocenters. The number of piperazine rings is 1. The Balaban J connectivity index is 1.46. The summed E-state index contributed by atoms with van der Waals surface area (Å²) >= 11 is 6.33. The van der Waals surface area contributed by atoms with Gasteiger partial charge in [0, 0.05) is 44.3 Å².